The van der Waals surface area contributed by atoms with E-state index in [1.807, 2.05) is 17.9 Å². The lowest BCUT2D eigenvalue weighted by Gasteiger charge is -2.40. The van der Waals surface area contributed by atoms with Crippen molar-refractivity contribution in [3.05, 3.63) is 18.0 Å². The Labute approximate surface area is 116 Å². The first-order valence-electron chi connectivity index (χ1n) is 7.72. The lowest BCUT2D eigenvalue weighted by molar-refractivity contribution is 0.102. The molecular formula is C15H26N4. The standard InChI is InChI=1S/C15H26N4/c1-3-4-13-10-19(11-14-7-8-18(2)17-14)15(9-16-13)12-5-6-12/h7-8,12-13,15-16H,3-6,9-11H2,1-2H3. The maximum Gasteiger partial charge on any atom is 0.0764 e. The minimum Gasteiger partial charge on any atom is -0.311 e. The van der Waals surface area contributed by atoms with Gasteiger partial charge in [0.15, 0.2) is 0 Å². The van der Waals surface area contributed by atoms with Crippen molar-refractivity contribution in [1.82, 2.24) is 20.0 Å². The van der Waals surface area contributed by atoms with Crippen LogP contribution in [0.5, 0.6) is 0 Å². The Hall–Kier alpha value is -0.870. The minimum atomic E-state index is 0.670. The van der Waals surface area contributed by atoms with Crippen molar-refractivity contribution in [2.24, 2.45) is 13.0 Å². The highest BCUT2D eigenvalue weighted by molar-refractivity contribution is 5.02. The van der Waals surface area contributed by atoms with Crippen LogP contribution in [0, 0.1) is 5.92 Å². The summed E-state index contributed by atoms with van der Waals surface area (Å²) in [5.41, 5.74) is 1.21. The highest BCUT2D eigenvalue weighted by Crippen LogP contribution is 2.36. The normalized spacial score (nSPS) is 28.7. The third-order valence-electron chi connectivity index (χ3n) is 4.48. The van der Waals surface area contributed by atoms with Crippen LogP contribution in [0.1, 0.15) is 38.3 Å². The van der Waals surface area contributed by atoms with Crippen molar-refractivity contribution in [1.29, 1.82) is 0 Å². The summed E-state index contributed by atoms with van der Waals surface area (Å²) < 4.78 is 1.91. The van der Waals surface area contributed by atoms with Crippen LogP contribution >= 0.6 is 0 Å². The lowest BCUT2D eigenvalue weighted by Crippen LogP contribution is -2.56. The van der Waals surface area contributed by atoms with Crippen LogP contribution < -0.4 is 5.32 Å². The largest absolute Gasteiger partial charge is 0.311 e. The zero-order valence-electron chi connectivity index (χ0n) is 12.2. The highest BCUT2D eigenvalue weighted by atomic mass is 15.3. The fourth-order valence-electron chi connectivity index (χ4n) is 3.32. The SMILES string of the molecule is CCCC1CN(Cc2ccn(C)n2)C(C2CC2)CN1. The summed E-state index contributed by atoms with van der Waals surface area (Å²) in [5, 5.41) is 8.29. The number of rotatable bonds is 5. The van der Waals surface area contributed by atoms with E-state index in [2.05, 4.69) is 28.3 Å². The molecule has 19 heavy (non-hydrogen) atoms. The third-order valence-corrected chi connectivity index (χ3v) is 4.48. The van der Waals surface area contributed by atoms with Gasteiger partial charge >= 0.3 is 0 Å². The summed E-state index contributed by atoms with van der Waals surface area (Å²) in [5.74, 6) is 0.929. The predicted octanol–water partition coefficient (Wildman–Crippen LogP) is 1.77. The van der Waals surface area contributed by atoms with E-state index < -0.39 is 0 Å². The fourth-order valence-corrected chi connectivity index (χ4v) is 3.32. The van der Waals surface area contributed by atoms with E-state index in [1.54, 1.807) is 0 Å². The molecule has 1 saturated heterocycles. The van der Waals surface area contributed by atoms with Crippen molar-refractivity contribution < 1.29 is 0 Å². The first-order valence-corrected chi connectivity index (χ1v) is 7.72. The monoisotopic (exact) mass is 262 g/mol. The maximum atomic E-state index is 4.54. The van der Waals surface area contributed by atoms with E-state index in [-0.39, 0.29) is 0 Å². The summed E-state index contributed by atoms with van der Waals surface area (Å²) in [6.45, 7) is 5.65. The van der Waals surface area contributed by atoms with Gasteiger partial charge in [-0.05, 0) is 31.2 Å². The molecule has 2 aliphatic rings. The Morgan fingerprint density at radius 1 is 1.42 bits per heavy atom. The van der Waals surface area contributed by atoms with Crippen LogP contribution in [0.25, 0.3) is 0 Å². The van der Waals surface area contributed by atoms with Gasteiger partial charge in [-0.3, -0.25) is 9.58 Å². The number of hydrogen-bond donors (Lipinski definition) is 1. The molecule has 1 aromatic rings. The first kappa shape index (κ1) is 13.1. The molecule has 1 N–H and O–H groups in total. The van der Waals surface area contributed by atoms with Gasteiger partial charge < -0.3 is 5.32 Å². The quantitative estimate of drug-likeness (QED) is 0.878. The summed E-state index contributed by atoms with van der Waals surface area (Å²) >= 11 is 0. The van der Waals surface area contributed by atoms with Gasteiger partial charge in [0.2, 0.25) is 0 Å². The maximum absolute atomic E-state index is 4.54. The van der Waals surface area contributed by atoms with E-state index >= 15 is 0 Å². The third kappa shape index (κ3) is 3.18. The molecule has 2 unspecified atom stereocenters. The van der Waals surface area contributed by atoms with E-state index in [0.717, 1.165) is 18.5 Å². The van der Waals surface area contributed by atoms with Gasteiger partial charge in [0, 0.05) is 45.0 Å². The van der Waals surface area contributed by atoms with Gasteiger partial charge in [-0.25, -0.2) is 0 Å². The zero-order valence-corrected chi connectivity index (χ0v) is 12.2. The van der Waals surface area contributed by atoms with Gasteiger partial charge in [0.05, 0.1) is 5.69 Å². The predicted molar refractivity (Wildman–Crippen MR) is 76.8 cm³/mol. The molecule has 3 rings (SSSR count). The van der Waals surface area contributed by atoms with Crippen molar-refractivity contribution in [2.75, 3.05) is 13.1 Å². The molecule has 0 aromatic carbocycles. The first-order chi connectivity index (χ1) is 9.26. The summed E-state index contributed by atoms with van der Waals surface area (Å²) in [7, 11) is 2.00. The second-order valence-electron chi connectivity index (χ2n) is 6.21. The summed E-state index contributed by atoms with van der Waals surface area (Å²) in [6.07, 6.45) is 7.44. The average molecular weight is 262 g/mol. The molecule has 1 aliphatic heterocycles. The van der Waals surface area contributed by atoms with E-state index in [1.165, 1.54) is 44.5 Å². The topological polar surface area (TPSA) is 33.1 Å². The Morgan fingerprint density at radius 3 is 2.89 bits per heavy atom. The Kier molecular flexibility index (Phi) is 3.89. The van der Waals surface area contributed by atoms with Crippen molar-refractivity contribution in [3.8, 4) is 0 Å². The average Bonchev–Trinajstić information content (AvgIpc) is 3.14. The second kappa shape index (κ2) is 5.63. The molecule has 2 atom stereocenters. The molecule has 2 heterocycles. The van der Waals surface area contributed by atoms with E-state index in [4.69, 9.17) is 0 Å². The van der Waals surface area contributed by atoms with Crippen molar-refractivity contribution >= 4 is 0 Å². The molecule has 106 valence electrons. The molecule has 4 heteroatoms. The van der Waals surface area contributed by atoms with Crippen LogP contribution in [0.4, 0.5) is 0 Å². The molecule has 1 aromatic heterocycles. The van der Waals surface area contributed by atoms with Gasteiger partial charge in [-0.1, -0.05) is 13.3 Å². The number of nitrogens with one attached hydrogen (secondary N) is 1. The minimum absolute atomic E-state index is 0.670. The molecule has 0 radical (unpaired) electrons. The molecule has 4 nitrogen and oxygen atoms in total. The van der Waals surface area contributed by atoms with Crippen molar-refractivity contribution in [2.45, 2.75) is 51.2 Å². The molecule has 0 amide bonds. The van der Waals surface area contributed by atoms with Crippen LogP contribution in [-0.4, -0.2) is 39.9 Å². The molecule has 1 aliphatic carbocycles. The molecule has 0 spiro atoms. The second-order valence-corrected chi connectivity index (χ2v) is 6.21. The van der Waals surface area contributed by atoms with Crippen LogP contribution in [-0.2, 0) is 13.6 Å². The number of piperazine rings is 1. The number of nitrogens with zero attached hydrogens (tertiary/aromatic N) is 3. The lowest BCUT2D eigenvalue weighted by atomic mass is 10.0. The molecule has 1 saturated carbocycles. The van der Waals surface area contributed by atoms with E-state index in [9.17, 15) is 0 Å². The smallest absolute Gasteiger partial charge is 0.0764 e. The molecule has 0 bridgehead atoms. The Bertz CT molecular complexity index is 410. The van der Waals surface area contributed by atoms with Gasteiger partial charge in [0.1, 0.15) is 0 Å². The van der Waals surface area contributed by atoms with Gasteiger partial charge in [-0.15, -0.1) is 0 Å². The Morgan fingerprint density at radius 2 is 2.26 bits per heavy atom. The molecule has 2 fully saturated rings. The van der Waals surface area contributed by atoms with Crippen LogP contribution in [0.15, 0.2) is 12.3 Å². The zero-order chi connectivity index (χ0) is 13.2. The van der Waals surface area contributed by atoms with Gasteiger partial charge in [0.25, 0.3) is 0 Å². The summed E-state index contributed by atoms with van der Waals surface area (Å²) in [4.78, 5) is 2.68. The summed E-state index contributed by atoms with van der Waals surface area (Å²) in [6, 6.07) is 3.56. The van der Waals surface area contributed by atoms with Crippen LogP contribution in [0.3, 0.4) is 0 Å². The molecular weight excluding hydrogens is 236 g/mol. The van der Waals surface area contributed by atoms with Crippen molar-refractivity contribution in [3.63, 3.8) is 0 Å². The Balaban J connectivity index is 1.66. The highest BCUT2D eigenvalue weighted by Gasteiger charge is 2.38. The number of hydrogen-bond acceptors (Lipinski definition) is 3. The van der Waals surface area contributed by atoms with Gasteiger partial charge in [-0.2, -0.15) is 5.10 Å². The van der Waals surface area contributed by atoms with E-state index in [0.29, 0.717) is 6.04 Å². The van der Waals surface area contributed by atoms with Crippen LogP contribution in [0.2, 0.25) is 0 Å². The fraction of sp³-hybridized carbons (Fsp3) is 0.800. The number of aryl methyl sites for hydroxylation is 1. The number of aromatic nitrogens is 2.